The third kappa shape index (κ3) is 3.32. The van der Waals surface area contributed by atoms with E-state index in [0.717, 1.165) is 10.0 Å². The Bertz CT molecular complexity index is 1090. The number of aromatic nitrogens is 4. The Kier molecular flexibility index (Phi) is 4.07. The normalized spacial score (nSPS) is 10.9. The fourth-order valence-corrected chi connectivity index (χ4v) is 2.82. The Morgan fingerprint density at radius 1 is 1.04 bits per heavy atom. The summed E-state index contributed by atoms with van der Waals surface area (Å²) in [6.45, 7) is 0.190. The topological polar surface area (TPSA) is 72.3 Å². The molecule has 4 rings (SSSR count). The second-order valence-corrected chi connectivity index (χ2v) is 6.32. The average molecular weight is 397 g/mol. The van der Waals surface area contributed by atoms with Crippen LogP contribution in [0.4, 0.5) is 0 Å². The largest absolute Gasteiger partial charge is 0.487 e. The summed E-state index contributed by atoms with van der Waals surface area (Å²) in [6.07, 6.45) is 0. The van der Waals surface area contributed by atoms with E-state index in [1.165, 1.54) is 10.6 Å². The molecule has 0 amide bonds. The van der Waals surface area contributed by atoms with E-state index in [1.54, 1.807) is 0 Å². The molecule has 2 aromatic carbocycles. The molecule has 0 radical (unpaired) electrons. The van der Waals surface area contributed by atoms with Crippen molar-refractivity contribution in [2.45, 2.75) is 6.61 Å². The molecular formula is C18H13BrN4O2. The minimum Gasteiger partial charge on any atom is -0.487 e. The van der Waals surface area contributed by atoms with Crippen LogP contribution in [0.3, 0.4) is 0 Å². The first-order valence-electron chi connectivity index (χ1n) is 7.61. The number of aromatic amines is 1. The van der Waals surface area contributed by atoms with Crippen LogP contribution in [-0.2, 0) is 6.61 Å². The highest BCUT2D eigenvalue weighted by Crippen LogP contribution is 2.19. The summed E-state index contributed by atoms with van der Waals surface area (Å²) in [6, 6.07) is 18.5. The van der Waals surface area contributed by atoms with Gasteiger partial charge in [-0.15, -0.1) is 0 Å². The molecule has 2 aromatic heterocycles. The Labute approximate surface area is 151 Å². The van der Waals surface area contributed by atoms with Crippen molar-refractivity contribution in [2.24, 2.45) is 0 Å². The fourth-order valence-electron chi connectivity index (χ4n) is 2.44. The van der Waals surface area contributed by atoms with Gasteiger partial charge in [-0.25, -0.2) is 4.98 Å². The molecule has 6 nitrogen and oxygen atoms in total. The lowest BCUT2D eigenvalue weighted by atomic mass is 10.2. The monoisotopic (exact) mass is 396 g/mol. The van der Waals surface area contributed by atoms with Gasteiger partial charge >= 0.3 is 0 Å². The Morgan fingerprint density at radius 2 is 1.88 bits per heavy atom. The van der Waals surface area contributed by atoms with Crippen LogP contribution in [0.15, 0.2) is 69.9 Å². The van der Waals surface area contributed by atoms with Crippen molar-refractivity contribution >= 4 is 21.7 Å². The number of halogens is 1. The number of nitrogens with zero attached hydrogens (tertiary/aromatic N) is 3. The molecule has 0 fully saturated rings. The van der Waals surface area contributed by atoms with Gasteiger partial charge < -0.3 is 4.74 Å². The number of H-pyrrole nitrogens is 1. The molecule has 0 bridgehead atoms. The average Bonchev–Trinajstić information content (AvgIpc) is 3.06. The van der Waals surface area contributed by atoms with Crippen LogP contribution in [0.2, 0.25) is 0 Å². The predicted molar refractivity (Wildman–Crippen MR) is 97.5 cm³/mol. The molecule has 0 spiro atoms. The van der Waals surface area contributed by atoms with E-state index in [-0.39, 0.29) is 12.2 Å². The summed E-state index contributed by atoms with van der Waals surface area (Å²) in [5.74, 6) is 1.61. The first-order chi connectivity index (χ1) is 12.2. The zero-order valence-electron chi connectivity index (χ0n) is 13.0. The number of benzene rings is 2. The van der Waals surface area contributed by atoms with E-state index in [2.05, 4.69) is 31.0 Å². The number of ether oxygens (including phenoxy) is 1. The van der Waals surface area contributed by atoms with E-state index in [9.17, 15) is 4.79 Å². The zero-order valence-corrected chi connectivity index (χ0v) is 14.6. The molecule has 0 saturated carbocycles. The number of hydrogen-bond donors (Lipinski definition) is 1. The van der Waals surface area contributed by atoms with Gasteiger partial charge in [0.1, 0.15) is 12.4 Å². The van der Waals surface area contributed by atoms with Gasteiger partial charge in [0, 0.05) is 16.1 Å². The van der Waals surface area contributed by atoms with Crippen LogP contribution in [0.5, 0.6) is 5.75 Å². The van der Waals surface area contributed by atoms with Gasteiger partial charge in [0.2, 0.25) is 0 Å². The quantitative estimate of drug-likeness (QED) is 0.573. The maximum Gasteiger partial charge on any atom is 0.274 e. The Morgan fingerprint density at radius 3 is 2.68 bits per heavy atom. The molecule has 0 saturated heterocycles. The zero-order chi connectivity index (χ0) is 17.2. The summed E-state index contributed by atoms with van der Waals surface area (Å²) in [5, 5.41) is 2.97. The smallest absolute Gasteiger partial charge is 0.274 e. The fraction of sp³-hybridized carbons (Fsp3) is 0.0556. The molecule has 124 valence electrons. The highest BCUT2D eigenvalue weighted by Gasteiger charge is 2.10. The SMILES string of the molecule is O=c1cc(COc2cccc(Br)c2)nc2nc(-c3ccccc3)[nH]n12. The van der Waals surface area contributed by atoms with Gasteiger partial charge in [-0.1, -0.05) is 52.3 Å². The van der Waals surface area contributed by atoms with Gasteiger partial charge in [0.15, 0.2) is 5.82 Å². The van der Waals surface area contributed by atoms with Crippen molar-refractivity contribution in [3.8, 4) is 17.1 Å². The van der Waals surface area contributed by atoms with Crippen LogP contribution < -0.4 is 10.3 Å². The lowest BCUT2D eigenvalue weighted by Crippen LogP contribution is -2.16. The highest BCUT2D eigenvalue weighted by atomic mass is 79.9. The third-order valence-corrected chi connectivity index (χ3v) is 4.11. The summed E-state index contributed by atoms with van der Waals surface area (Å²) >= 11 is 3.39. The molecule has 0 aliphatic heterocycles. The number of nitrogens with one attached hydrogen (secondary N) is 1. The second-order valence-electron chi connectivity index (χ2n) is 5.41. The second kappa shape index (κ2) is 6.52. The molecule has 1 N–H and O–H groups in total. The third-order valence-electron chi connectivity index (χ3n) is 3.61. The molecule has 0 aliphatic rings. The maximum atomic E-state index is 12.3. The van der Waals surface area contributed by atoms with Crippen molar-refractivity contribution in [1.29, 1.82) is 0 Å². The Balaban J connectivity index is 1.64. The van der Waals surface area contributed by atoms with Crippen molar-refractivity contribution in [1.82, 2.24) is 19.6 Å². The molecule has 0 unspecified atom stereocenters. The number of hydrogen-bond acceptors (Lipinski definition) is 4. The van der Waals surface area contributed by atoms with Gasteiger partial charge in [0.05, 0.1) is 5.69 Å². The van der Waals surface area contributed by atoms with Crippen LogP contribution in [0.1, 0.15) is 5.69 Å². The van der Waals surface area contributed by atoms with Crippen molar-refractivity contribution < 1.29 is 4.74 Å². The van der Waals surface area contributed by atoms with E-state index in [1.807, 2.05) is 54.6 Å². The van der Waals surface area contributed by atoms with Crippen LogP contribution in [0, 0.1) is 0 Å². The molecule has 0 aliphatic carbocycles. The number of rotatable bonds is 4. The van der Waals surface area contributed by atoms with Crippen molar-refractivity contribution in [3.63, 3.8) is 0 Å². The summed E-state index contributed by atoms with van der Waals surface area (Å²) in [7, 11) is 0. The first kappa shape index (κ1) is 15.6. The molecule has 2 heterocycles. The van der Waals surface area contributed by atoms with Gasteiger partial charge in [-0.05, 0) is 18.2 Å². The van der Waals surface area contributed by atoms with Crippen LogP contribution >= 0.6 is 15.9 Å². The van der Waals surface area contributed by atoms with E-state index < -0.39 is 0 Å². The minimum absolute atomic E-state index is 0.190. The van der Waals surface area contributed by atoms with E-state index in [0.29, 0.717) is 23.0 Å². The molecule has 4 aromatic rings. The molecule has 25 heavy (non-hydrogen) atoms. The van der Waals surface area contributed by atoms with Crippen LogP contribution in [-0.4, -0.2) is 19.6 Å². The lowest BCUT2D eigenvalue weighted by molar-refractivity contribution is 0.301. The van der Waals surface area contributed by atoms with Crippen molar-refractivity contribution in [3.05, 3.63) is 81.2 Å². The van der Waals surface area contributed by atoms with Crippen LogP contribution in [0.25, 0.3) is 17.2 Å². The summed E-state index contributed by atoms with van der Waals surface area (Å²) < 4.78 is 7.94. The Hall–Kier alpha value is -2.93. The van der Waals surface area contributed by atoms with Gasteiger partial charge in [-0.3, -0.25) is 9.89 Å². The lowest BCUT2D eigenvalue weighted by Gasteiger charge is -2.05. The standard InChI is InChI=1S/C18H13BrN4O2/c19-13-7-4-8-15(9-13)25-11-14-10-16(24)23-18(20-14)21-17(22-23)12-5-2-1-3-6-12/h1-10H,11H2,(H,20,21,22). The first-order valence-corrected chi connectivity index (χ1v) is 8.41. The molecule has 7 heteroatoms. The molecular weight excluding hydrogens is 384 g/mol. The minimum atomic E-state index is -0.229. The predicted octanol–water partition coefficient (Wildman–Crippen LogP) is 3.43. The maximum absolute atomic E-state index is 12.3. The summed E-state index contributed by atoms with van der Waals surface area (Å²) in [4.78, 5) is 21.1. The van der Waals surface area contributed by atoms with E-state index in [4.69, 9.17) is 4.74 Å². The van der Waals surface area contributed by atoms with Gasteiger partial charge in [0.25, 0.3) is 11.3 Å². The summed E-state index contributed by atoms with van der Waals surface area (Å²) in [5.41, 5.74) is 1.18. The highest BCUT2D eigenvalue weighted by molar-refractivity contribution is 9.10. The van der Waals surface area contributed by atoms with Crippen molar-refractivity contribution in [2.75, 3.05) is 0 Å². The van der Waals surface area contributed by atoms with E-state index >= 15 is 0 Å². The number of fused-ring (bicyclic) bond motifs is 1. The van der Waals surface area contributed by atoms with Gasteiger partial charge in [-0.2, -0.15) is 9.50 Å². The molecule has 0 atom stereocenters.